The molecule has 0 aliphatic heterocycles. The van der Waals surface area contributed by atoms with Gasteiger partial charge in [0.05, 0.1) is 26.6 Å². The van der Waals surface area contributed by atoms with Gasteiger partial charge in [-0.25, -0.2) is 14.4 Å². The van der Waals surface area contributed by atoms with Crippen molar-refractivity contribution in [2.75, 3.05) is 13.7 Å². The van der Waals surface area contributed by atoms with Crippen molar-refractivity contribution in [3.8, 4) is 11.5 Å². The zero-order valence-electron chi connectivity index (χ0n) is 20.0. The Hall–Kier alpha value is -4.65. The lowest BCUT2D eigenvalue weighted by Gasteiger charge is -2.18. The number of aromatic hydroxyl groups is 2. The molecule has 13 nitrogen and oxygen atoms in total. The molecule has 0 unspecified atom stereocenters. The van der Waals surface area contributed by atoms with Crippen LogP contribution in [0.4, 0.5) is 0 Å². The number of carboxylic acid groups (broad SMARTS) is 3. The van der Waals surface area contributed by atoms with E-state index in [1.165, 1.54) is 31.4 Å². The molecule has 13 heteroatoms. The number of para-hydroxylation sites is 2. The number of methoxy groups -OCH3 is 1. The van der Waals surface area contributed by atoms with E-state index in [0.717, 1.165) is 6.42 Å². The first-order valence-corrected chi connectivity index (χ1v) is 10.5. The van der Waals surface area contributed by atoms with Gasteiger partial charge in [-0.05, 0) is 30.7 Å². The van der Waals surface area contributed by atoms with E-state index < -0.39 is 48.3 Å². The smallest absolute Gasteiger partial charge is 0.341 e. The summed E-state index contributed by atoms with van der Waals surface area (Å²) in [4.78, 5) is 52.6. The Morgan fingerprint density at radius 3 is 1.49 bits per heavy atom. The van der Waals surface area contributed by atoms with E-state index >= 15 is 0 Å². The van der Waals surface area contributed by atoms with E-state index in [0.29, 0.717) is 6.61 Å². The van der Waals surface area contributed by atoms with Crippen LogP contribution in [0.15, 0.2) is 48.5 Å². The molecule has 0 aromatic heterocycles. The molecule has 2 aromatic rings. The van der Waals surface area contributed by atoms with E-state index in [9.17, 15) is 29.1 Å². The molecule has 2 aromatic carbocycles. The molecule has 0 aliphatic carbocycles. The van der Waals surface area contributed by atoms with E-state index in [2.05, 4.69) is 4.74 Å². The number of hydrogen-bond donors (Lipinski definition) is 6. The maximum atomic E-state index is 11.2. The Morgan fingerprint density at radius 2 is 1.16 bits per heavy atom. The van der Waals surface area contributed by atoms with Crippen LogP contribution in [-0.4, -0.2) is 79.8 Å². The number of carbonyl (C=O) groups excluding carboxylic acids is 2. The van der Waals surface area contributed by atoms with Crippen LogP contribution in [0.25, 0.3) is 0 Å². The molecule has 2 rings (SSSR count). The first kappa shape index (κ1) is 32.4. The second-order valence-electron chi connectivity index (χ2n) is 7.14. The quantitative estimate of drug-likeness (QED) is 0.258. The van der Waals surface area contributed by atoms with E-state index in [-0.39, 0.29) is 22.6 Å². The number of phenolic OH excluding ortho intramolecular Hbond substituents is 2. The Kier molecular flexibility index (Phi) is 14.1. The number of aliphatic carboxylic acids is 3. The van der Waals surface area contributed by atoms with Crippen molar-refractivity contribution in [3.05, 3.63) is 59.7 Å². The summed E-state index contributed by atoms with van der Waals surface area (Å²) in [6, 6.07) is 12.6. The van der Waals surface area contributed by atoms with Gasteiger partial charge in [-0.15, -0.1) is 0 Å². The first-order chi connectivity index (χ1) is 17.3. The number of esters is 2. The molecule has 0 amide bonds. The van der Waals surface area contributed by atoms with Gasteiger partial charge in [0.2, 0.25) is 0 Å². The van der Waals surface area contributed by atoms with Crippen molar-refractivity contribution in [3.63, 3.8) is 0 Å². The average molecular weight is 524 g/mol. The Labute approximate surface area is 211 Å². The third kappa shape index (κ3) is 12.0. The molecule has 0 heterocycles. The summed E-state index contributed by atoms with van der Waals surface area (Å²) < 4.78 is 9.28. The summed E-state index contributed by atoms with van der Waals surface area (Å²) in [6.45, 7) is 2.30. The second kappa shape index (κ2) is 16.1. The number of benzene rings is 2. The Balaban J connectivity index is 0.000000527. The molecule has 202 valence electrons. The predicted octanol–water partition coefficient (Wildman–Crippen LogP) is 1.89. The lowest BCUT2D eigenvalue weighted by molar-refractivity contribution is -0.170. The number of phenols is 2. The van der Waals surface area contributed by atoms with Gasteiger partial charge < -0.3 is 40.1 Å². The summed E-state index contributed by atoms with van der Waals surface area (Å²) >= 11 is 0. The van der Waals surface area contributed by atoms with Crippen LogP contribution in [0.5, 0.6) is 11.5 Å². The number of aliphatic hydroxyl groups is 1. The van der Waals surface area contributed by atoms with Crippen molar-refractivity contribution in [2.24, 2.45) is 0 Å². The van der Waals surface area contributed by atoms with Crippen LogP contribution in [0.3, 0.4) is 0 Å². The summed E-state index contributed by atoms with van der Waals surface area (Å²) in [6.07, 6.45) is -1.51. The van der Waals surface area contributed by atoms with Crippen molar-refractivity contribution < 1.29 is 64.1 Å². The van der Waals surface area contributed by atoms with Crippen molar-refractivity contribution >= 4 is 29.8 Å². The van der Waals surface area contributed by atoms with Gasteiger partial charge in [-0.1, -0.05) is 31.2 Å². The molecule has 0 saturated heterocycles. The lowest BCUT2D eigenvalue weighted by Crippen LogP contribution is -2.42. The predicted molar refractivity (Wildman–Crippen MR) is 125 cm³/mol. The van der Waals surface area contributed by atoms with Crippen LogP contribution in [0.1, 0.15) is 46.9 Å². The summed E-state index contributed by atoms with van der Waals surface area (Å²) in [7, 11) is 1.27. The van der Waals surface area contributed by atoms with Gasteiger partial charge >= 0.3 is 29.8 Å². The van der Waals surface area contributed by atoms with Gasteiger partial charge in [0.25, 0.3) is 0 Å². The minimum Gasteiger partial charge on any atom is -0.507 e. The lowest BCUT2D eigenvalue weighted by atomic mass is 9.96. The minimum absolute atomic E-state index is 0.0383. The molecular weight excluding hydrogens is 496 g/mol. The van der Waals surface area contributed by atoms with Gasteiger partial charge in [-0.3, -0.25) is 9.59 Å². The van der Waals surface area contributed by atoms with Crippen LogP contribution in [-0.2, 0) is 23.9 Å². The molecule has 0 fully saturated rings. The highest BCUT2D eigenvalue weighted by molar-refractivity contribution is 5.92. The highest BCUT2D eigenvalue weighted by Gasteiger charge is 2.40. The summed E-state index contributed by atoms with van der Waals surface area (Å²) in [5, 5.41) is 52.2. The topological polar surface area (TPSA) is 225 Å². The van der Waals surface area contributed by atoms with E-state index in [4.69, 9.17) is 30.3 Å². The van der Waals surface area contributed by atoms with Gasteiger partial charge in [0, 0.05) is 0 Å². The molecular formula is C24H28O13. The average Bonchev–Trinajstić information content (AvgIpc) is 2.82. The normalized spacial score (nSPS) is 9.92. The first-order valence-electron chi connectivity index (χ1n) is 10.5. The second-order valence-corrected chi connectivity index (χ2v) is 7.14. The van der Waals surface area contributed by atoms with Crippen molar-refractivity contribution in [2.45, 2.75) is 31.8 Å². The van der Waals surface area contributed by atoms with Crippen molar-refractivity contribution in [1.29, 1.82) is 0 Å². The molecule has 37 heavy (non-hydrogen) atoms. The number of ether oxygens (including phenoxy) is 2. The third-order valence-electron chi connectivity index (χ3n) is 4.16. The Bertz CT molecular complexity index is 1060. The largest absolute Gasteiger partial charge is 0.507 e. The van der Waals surface area contributed by atoms with Crippen LogP contribution < -0.4 is 0 Å². The molecule has 0 spiro atoms. The molecule has 0 saturated carbocycles. The number of carboxylic acids is 3. The number of carbonyl (C=O) groups is 5. The third-order valence-corrected chi connectivity index (χ3v) is 4.16. The maximum absolute atomic E-state index is 11.2. The summed E-state index contributed by atoms with van der Waals surface area (Å²) in [5.74, 6) is -6.11. The van der Waals surface area contributed by atoms with Crippen LogP contribution in [0, 0.1) is 0 Å². The fourth-order valence-corrected chi connectivity index (χ4v) is 2.39. The van der Waals surface area contributed by atoms with Gasteiger partial charge in [0.15, 0.2) is 5.60 Å². The van der Waals surface area contributed by atoms with Gasteiger partial charge in [0.1, 0.15) is 22.6 Å². The SMILES string of the molecule is CCCOC(=O)c1ccccc1O.COC(=O)c1ccccc1O.O=C(O)CC(O)(CC(=O)O)C(=O)O. The van der Waals surface area contributed by atoms with Crippen molar-refractivity contribution in [1.82, 2.24) is 0 Å². The number of rotatable bonds is 9. The molecule has 0 aliphatic rings. The van der Waals surface area contributed by atoms with Crippen LogP contribution >= 0.6 is 0 Å². The maximum Gasteiger partial charge on any atom is 0.341 e. The molecule has 0 bridgehead atoms. The zero-order valence-corrected chi connectivity index (χ0v) is 20.0. The van der Waals surface area contributed by atoms with Gasteiger partial charge in [-0.2, -0.15) is 0 Å². The fraction of sp³-hybridized carbons (Fsp3) is 0.292. The number of hydrogen-bond acceptors (Lipinski definition) is 10. The fourth-order valence-electron chi connectivity index (χ4n) is 2.39. The molecule has 0 atom stereocenters. The monoisotopic (exact) mass is 524 g/mol. The molecule has 0 radical (unpaired) electrons. The summed E-state index contributed by atoms with van der Waals surface area (Å²) in [5.41, 5.74) is -2.33. The van der Waals surface area contributed by atoms with E-state index in [1.807, 2.05) is 6.92 Å². The standard InChI is InChI=1S/C10H12O3.C8H8O3.C6H8O7/c1-2-7-13-10(12)8-5-3-4-6-9(8)11;1-11-8(10)6-4-2-3-5-7(6)9;7-3(8)1-6(13,5(11)12)2-4(9)10/h3-6,11H,2,7H2,1H3;2-5,9H,1H3;13H,1-2H2,(H,7,8)(H,9,10)(H,11,12). The Morgan fingerprint density at radius 1 is 0.757 bits per heavy atom. The highest BCUT2D eigenvalue weighted by Crippen LogP contribution is 2.17. The zero-order chi connectivity index (χ0) is 28.6. The highest BCUT2D eigenvalue weighted by atomic mass is 16.5. The minimum atomic E-state index is -2.74. The van der Waals surface area contributed by atoms with Crippen LogP contribution in [0.2, 0.25) is 0 Å². The molecule has 6 N–H and O–H groups in total. The van der Waals surface area contributed by atoms with E-state index in [1.54, 1.807) is 24.3 Å².